The first-order valence-electron chi connectivity index (χ1n) is 10.1. The Morgan fingerprint density at radius 1 is 1.00 bits per heavy atom. The summed E-state index contributed by atoms with van der Waals surface area (Å²) >= 11 is 0. The van der Waals surface area contributed by atoms with Crippen LogP contribution in [0.1, 0.15) is 18.7 Å². The van der Waals surface area contributed by atoms with Gasteiger partial charge in [0.1, 0.15) is 30.2 Å². The zero-order chi connectivity index (χ0) is 22.4. The Labute approximate surface area is 182 Å². The molecule has 1 saturated heterocycles. The molecule has 0 unspecified atom stereocenters. The summed E-state index contributed by atoms with van der Waals surface area (Å²) in [6, 6.07) is 11.8. The molecule has 166 valence electrons. The lowest BCUT2D eigenvalue weighted by atomic mass is 10.1. The molecule has 2 aliphatic heterocycles. The molecule has 3 heterocycles. The van der Waals surface area contributed by atoms with E-state index in [2.05, 4.69) is 15.5 Å². The van der Waals surface area contributed by atoms with Crippen molar-refractivity contribution >= 4 is 17.8 Å². The molecule has 2 aliphatic rings. The molecule has 4 atom stereocenters. The van der Waals surface area contributed by atoms with Gasteiger partial charge >= 0.3 is 0 Å². The number of hydrogen-bond acceptors (Lipinski definition) is 7. The normalized spacial score (nSPS) is 24.6. The minimum atomic E-state index is -1.18. The molecule has 3 aromatic rings. The molecular formula is C22H21F2N5O3. The van der Waals surface area contributed by atoms with E-state index in [4.69, 9.17) is 4.74 Å². The Morgan fingerprint density at radius 2 is 1.66 bits per heavy atom. The topological polar surface area (TPSA) is 95.1 Å². The first kappa shape index (κ1) is 20.6. The zero-order valence-electron chi connectivity index (χ0n) is 17.1. The maximum Gasteiger partial charge on any atom is 0.181 e. The average Bonchev–Trinajstić information content (AvgIpc) is 3.28. The van der Waals surface area contributed by atoms with E-state index in [1.165, 1.54) is 28.9 Å². The van der Waals surface area contributed by atoms with Crippen molar-refractivity contribution in [2.75, 3.05) is 5.43 Å². The van der Waals surface area contributed by atoms with Crippen LogP contribution in [0.15, 0.2) is 53.5 Å². The number of nitrogens with one attached hydrogen (secondary N) is 1. The van der Waals surface area contributed by atoms with Crippen molar-refractivity contribution in [3.8, 4) is 11.3 Å². The first-order valence-corrected chi connectivity index (χ1v) is 10.1. The number of nitrogens with zero attached hydrogens (tertiary/aromatic N) is 4. The van der Waals surface area contributed by atoms with Crippen LogP contribution >= 0.6 is 0 Å². The van der Waals surface area contributed by atoms with Gasteiger partial charge < -0.3 is 14.9 Å². The van der Waals surface area contributed by atoms with E-state index in [1.54, 1.807) is 42.5 Å². The molecular weight excluding hydrogens is 420 g/mol. The van der Waals surface area contributed by atoms with Gasteiger partial charge in [0.05, 0.1) is 24.0 Å². The lowest BCUT2D eigenvalue weighted by molar-refractivity contribution is -0.0384. The highest BCUT2D eigenvalue weighted by atomic mass is 19.1. The van der Waals surface area contributed by atoms with Crippen molar-refractivity contribution in [2.45, 2.75) is 38.0 Å². The Hall–Kier alpha value is -3.34. The van der Waals surface area contributed by atoms with Gasteiger partial charge in [0.25, 0.3) is 0 Å². The SMILES string of the molecule is C[C@H]1O[C@@H](n2nc(-c3ccc(F)cc3)c3c2N=CN(Nc2ccc(F)cc2)C3)[C@H](O)[C@@H]1O. The largest absolute Gasteiger partial charge is 0.388 e. The van der Waals surface area contributed by atoms with Gasteiger partial charge in [0.15, 0.2) is 12.0 Å². The van der Waals surface area contributed by atoms with Crippen molar-refractivity contribution in [2.24, 2.45) is 4.99 Å². The van der Waals surface area contributed by atoms with Crippen molar-refractivity contribution in [1.82, 2.24) is 14.8 Å². The Bertz CT molecular complexity index is 1150. The summed E-state index contributed by atoms with van der Waals surface area (Å²) in [5, 5.41) is 27.0. The second-order valence-electron chi connectivity index (χ2n) is 7.81. The van der Waals surface area contributed by atoms with Crippen molar-refractivity contribution in [3.63, 3.8) is 0 Å². The second-order valence-corrected chi connectivity index (χ2v) is 7.81. The van der Waals surface area contributed by atoms with Crippen LogP contribution in [0, 0.1) is 11.6 Å². The third-order valence-corrected chi connectivity index (χ3v) is 5.58. The molecule has 0 amide bonds. The lowest BCUT2D eigenvalue weighted by Gasteiger charge is -2.25. The fourth-order valence-electron chi connectivity index (χ4n) is 3.88. The quantitative estimate of drug-likeness (QED) is 0.576. The minimum absolute atomic E-state index is 0.337. The van der Waals surface area contributed by atoms with Gasteiger partial charge in [-0.15, -0.1) is 0 Å². The third-order valence-electron chi connectivity index (χ3n) is 5.58. The fourth-order valence-corrected chi connectivity index (χ4v) is 3.88. The van der Waals surface area contributed by atoms with Gasteiger partial charge in [-0.3, -0.25) is 10.4 Å². The van der Waals surface area contributed by atoms with Gasteiger partial charge in [-0.05, 0) is 55.5 Å². The van der Waals surface area contributed by atoms with E-state index < -0.39 is 24.5 Å². The molecule has 0 spiro atoms. The van der Waals surface area contributed by atoms with Crippen LogP contribution in [-0.2, 0) is 11.3 Å². The molecule has 32 heavy (non-hydrogen) atoms. The fraction of sp³-hybridized carbons (Fsp3) is 0.273. The smallest absolute Gasteiger partial charge is 0.181 e. The molecule has 0 saturated carbocycles. The molecule has 3 N–H and O–H groups in total. The van der Waals surface area contributed by atoms with E-state index >= 15 is 0 Å². The summed E-state index contributed by atoms with van der Waals surface area (Å²) < 4.78 is 33.9. The predicted molar refractivity (Wildman–Crippen MR) is 113 cm³/mol. The number of benzene rings is 2. The van der Waals surface area contributed by atoms with Gasteiger partial charge in [-0.2, -0.15) is 5.10 Å². The van der Waals surface area contributed by atoms with Crippen LogP contribution in [0.3, 0.4) is 0 Å². The van der Waals surface area contributed by atoms with Crippen molar-refractivity contribution in [1.29, 1.82) is 0 Å². The van der Waals surface area contributed by atoms with Crippen LogP contribution in [-0.4, -0.2) is 49.7 Å². The number of ether oxygens (including phenoxy) is 1. The third kappa shape index (κ3) is 3.62. The number of hydrazine groups is 1. The van der Waals surface area contributed by atoms with E-state index in [0.29, 0.717) is 29.3 Å². The summed E-state index contributed by atoms with van der Waals surface area (Å²) in [4.78, 5) is 4.50. The minimum Gasteiger partial charge on any atom is -0.388 e. The van der Waals surface area contributed by atoms with Crippen LogP contribution in [0.4, 0.5) is 20.3 Å². The van der Waals surface area contributed by atoms with Gasteiger partial charge in [-0.1, -0.05) is 0 Å². The molecule has 2 aromatic carbocycles. The number of aliphatic hydroxyl groups is 2. The van der Waals surface area contributed by atoms with Gasteiger partial charge in [-0.25, -0.2) is 18.5 Å². The molecule has 1 fully saturated rings. The van der Waals surface area contributed by atoms with Crippen LogP contribution in [0.2, 0.25) is 0 Å². The Balaban J connectivity index is 1.52. The highest BCUT2D eigenvalue weighted by molar-refractivity contribution is 5.74. The van der Waals surface area contributed by atoms with Crippen molar-refractivity contribution < 1.29 is 23.7 Å². The number of rotatable bonds is 4. The summed E-state index contributed by atoms with van der Waals surface area (Å²) in [5.74, 6) is -0.241. The molecule has 10 heteroatoms. The monoisotopic (exact) mass is 441 g/mol. The number of anilines is 1. The summed E-state index contributed by atoms with van der Waals surface area (Å²) in [5.41, 5.74) is 5.75. The van der Waals surface area contributed by atoms with Crippen LogP contribution in [0.5, 0.6) is 0 Å². The predicted octanol–water partition coefficient (Wildman–Crippen LogP) is 2.97. The highest BCUT2D eigenvalue weighted by Crippen LogP contribution is 2.39. The molecule has 0 aliphatic carbocycles. The zero-order valence-corrected chi connectivity index (χ0v) is 17.1. The highest BCUT2D eigenvalue weighted by Gasteiger charge is 2.43. The summed E-state index contributed by atoms with van der Waals surface area (Å²) in [7, 11) is 0. The molecule has 1 aromatic heterocycles. The van der Waals surface area contributed by atoms with Gasteiger partial charge in [0.2, 0.25) is 0 Å². The molecule has 5 rings (SSSR count). The number of hydrogen-bond donors (Lipinski definition) is 3. The molecule has 8 nitrogen and oxygen atoms in total. The lowest BCUT2D eigenvalue weighted by Crippen LogP contribution is -2.32. The van der Waals surface area contributed by atoms with E-state index in [9.17, 15) is 19.0 Å². The summed E-state index contributed by atoms with van der Waals surface area (Å²) in [6.45, 7) is 2.01. The number of fused-ring (bicyclic) bond motifs is 1. The number of aromatic nitrogens is 2. The maximum absolute atomic E-state index is 13.5. The van der Waals surface area contributed by atoms with E-state index in [-0.39, 0.29) is 11.6 Å². The number of aliphatic hydroxyl groups excluding tert-OH is 2. The number of aliphatic imine (C=N–C) groups is 1. The Kier molecular flexibility index (Phi) is 5.12. The van der Waals surface area contributed by atoms with E-state index in [0.717, 1.165) is 5.56 Å². The molecule has 0 bridgehead atoms. The van der Waals surface area contributed by atoms with Crippen LogP contribution < -0.4 is 5.43 Å². The Morgan fingerprint density at radius 3 is 2.28 bits per heavy atom. The van der Waals surface area contributed by atoms with E-state index in [1.807, 2.05) is 0 Å². The van der Waals surface area contributed by atoms with Crippen LogP contribution in [0.25, 0.3) is 11.3 Å². The summed E-state index contributed by atoms with van der Waals surface area (Å²) in [6.07, 6.45) is -2.18. The van der Waals surface area contributed by atoms with Crippen molar-refractivity contribution in [3.05, 3.63) is 65.7 Å². The second kappa shape index (κ2) is 7.97. The first-order chi connectivity index (χ1) is 15.4. The standard InChI is InChI=1S/C22H21F2N5O3/c1-12-19(30)20(31)22(32-12)29-21-17(18(27-29)13-2-4-14(23)5-3-13)10-28(11-25-21)26-16-8-6-15(24)7-9-16/h2-9,11-12,19-20,22,26,30-31H,10H2,1H3/t12-,19-,20-,22-/m1/s1. The van der Waals surface area contributed by atoms with Gasteiger partial charge in [0, 0.05) is 11.1 Å². The maximum atomic E-state index is 13.5. The average molecular weight is 441 g/mol. The molecule has 0 radical (unpaired) electrons. The number of halogens is 2.